The van der Waals surface area contributed by atoms with E-state index in [1.807, 2.05) is 13.8 Å². The van der Waals surface area contributed by atoms with Crippen LogP contribution in [0.15, 0.2) is 30.3 Å². The van der Waals surface area contributed by atoms with E-state index in [0.29, 0.717) is 11.4 Å². The van der Waals surface area contributed by atoms with Gasteiger partial charge in [-0.25, -0.2) is 0 Å². The third kappa shape index (κ3) is 5.21. The van der Waals surface area contributed by atoms with Crippen LogP contribution < -0.4 is 5.32 Å². The molecule has 1 N–H and O–H groups in total. The van der Waals surface area contributed by atoms with Gasteiger partial charge in [-0.05, 0) is 71.0 Å². The van der Waals surface area contributed by atoms with Crippen LogP contribution in [0.25, 0.3) is 0 Å². The molecule has 4 rings (SSSR count). The van der Waals surface area contributed by atoms with Gasteiger partial charge in [-0.3, -0.25) is 9.69 Å². The average Bonchev–Trinajstić information content (AvgIpc) is 3.60. The number of nitrogens with one attached hydrogen (secondary N) is 1. The van der Waals surface area contributed by atoms with Crippen molar-refractivity contribution in [2.45, 2.75) is 83.8 Å². The minimum absolute atomic E-state index is 0.0186. The SMILES string of the molecule is CC.CC1(N2CCC(C)(N(Cc3ccccc3)C(=O)C3CC3)CC2)CCNCC1. The molecule has 2 aliphatic heterocycles. The Hall–Kier alpha value is -1.39. The maximum absolute atomic E-state index is 13.2. The molecule has 0 spiro atoms. The van der Waals surface area contributed by atoms with Gasteiger partial charge in [0.2, 0.25) is 5.91 Å². The molecular weight excluding hydrogens is 358 g/mol. The number of piperidine rings is 2. The van der Waals surface area contributed by atoms with Crippen LogP contribution in [0.5, 0.6) is 0 Å². The summed E-state index contributed by atoms with van der Waals surface area (Å²) in [5.74, 6) is 0.674. The monoisotopic (exact) mass is 399 g/mol. The summed E-state index contributed by atoms with van der Waals surface area (Å²) >= 11 is 0. The fourth-order valence-electron chi connectivity index (χ4n) is 4.93. The molecule has 1 aliphatic carbocycles. The molecule has 1 saturated carbocycles. The lowest BCUT2D eigenvalue weighted by Gasteiger charge is -2.52. The van der Waals surface area contributed by atoms with Crippen LogP contribution in [0, 0.1) is 5.92 Å². The van der Waals surface area contributed by atoms with Crippen molar-refractivity contribution in [1.29, 1.82) is 0 Å². The molecule has 4 heteroatoms. The fourth-order valence-corrected chi connectivity index (χ4v) is 4.93. The lowest BCUT2D eigenvalue weighted by Crippen LogP contribution is -2.61. The zero-order chi connectivity index (χ0) is 20.9. The number of hydrogen-bond acceptors (Lipinski definition) is 3. The molecule has 1 aromatic carbocycles. The van der Waals surface area contributed by atoms with Gasteiger partial charge in [-0.15, -0.1) is 0 Å². The van der Waals surface area contributed by atoms with Gasteiger partial charge in [-0.1, -0.05) is 44.2 Å². The van der Waals surface area contributed by atoms with E-state index in [2.05, 4.69) is 59.3 Å². The van der Waals surface area contributed by atoms with Crippen LogP contribution in [0.4, 0.5) is 0 Å². The van der Waals surface area contributed by atoms with Crippen LogP contribution in [-0.2, 0) is 11.3 Å². The minimum atomic E-state index is -0.0186. The van der Waals surface area contributed by atoms with Crippen molar-refractivity contribution in [3.63, 3.8) is 0 Å². The van der Waals surface area contributed by atoms with Crippen molar-refractivity contribution >= 4 is 5.91 Å². The zero-order valence-corrected chi connectivity index (χ0v) is 19.0. The highest BCUT2D eigenvalue weighted by Crippen LogP contribution is 2.39. The molecule has 1 amide bonds. The molecule has 0 aromatic heterocycles. The number of likely N-dealkylation sites (tertiary alicyclic amines) is 1. The topological polar surface area (TPSA) is 35.6 Å². The smallest absolute Gasteiger partial charge is 0.226 e. The molecule has 0 radical (unpaired) electrons. The number of carbonyl (C=O) groups excluding carboxylic acids is 1. The Morgan fingerprint density at radius 1 is 1.03 bits per heavy atom. The summed E-state index contributed by atoms with van der Waals surface area (Å²) in [6.45, 7) is 14.0. The highest BCUT2D eigenvalue weighted by molar-refractivity contribution is 5.81. The number of carbonyl (C=O) groups is 1. The van der Waals surface area contributed by atoms with E-state index in [4.69, 9.17) is 0 Å². The Balaban J connectivity index is 0.00000117. The first kappa shape index (κ1) is 22.3. The normalized spacial score (nSPS) is 23.6. The number of benzene rings is 1. The number of nitrogens with zero attached hydrogens (tertiary/aromatic N) is 2. The van der Waals surface area contributed by atoms with E-state index in [9.17, 15) is 4.79 Å². The highest BCUT2D eigenvalue weighted by atomic mass is 16.2. The van der Waals surface area contributed by atoms with Crippen LogP contribution in [0.2, 0.25) is 0 Å². The van der Waals surface area contributed by atoms with Gasteiger partial charge >= 0.3 is 0 Å². The van der Waals surface area contributed by atoms with Crippen molar-refractivity contribution in [2.75, 3.05) is 26.2 Å². The third-order valence-corrected chi connectivity index (χ3v) is 7.31. The Labute approximate surface area is 178 Å². The standard InChI is InChI=1S/C23H35N3O.C2H6/c1-22(10-14-24-15-11-22)25-16-12-23(2,13-17-25)26(21(27)20-8-9-20)18-19-6-4-3-5-7-19;1-2/h3-7,20,24H,8-18H2,1-2H3;1-2H3. The van der Waals surface area contributed by atoms with Gasteiger partial charge in [0.25, 0.3) is 0 Å². The maximum atomic E-state index is 13.2. The Kier molecular flexibility index (Phi) is 7.39. The summed E-state index contributed by atoms with van der Waals surface area (Å²) in [5.41, 5.74) is 1.56. The summed E-state index contributed by atoms with van der Waals surface area (Å²) in [5, 5.41) is 3.50. The predicted molar refractivity (Wildman–Crippen MR) is 121 cm³/mol. The lowest BCUT2D eigenvalue weighted by molar-refractivity contribution is -0.142. The highest BCUT2D eigenvalue weighted by Gasteiger charge is 2.45. The molecule has 4 nitrogen and oxygen atoms in total. The zero-order valence-electron chi connectivity index (χ0n) is 19.0. The van der Waals surface area contributed by atoms with E-state index in [1.54, 1.807) is 0 Å². The maximum Gasteiger partial charge on any atom is 0.226 e. The molecule has 29 heavy (non-hydrogen) atoms. The summed E-state index contributed by atoms with van der Waals surface area (Å²) in [6.07, 6.45) is 6.80. The Morgan fingerprint density at radius 2 is 1.62 bits per heavy atom. The van der Waals surface area contributed by atoms with Crippen molar-refractivity contribution in [1.82, 2.24) is 15.1 Å². The third-order valence-electron chi connectivity index (χ3n) is 7.31. The lowest BCUT2D eigenvalue weighted by atomic mass is 9.81. The van der Waals surface area contributed by atoms with E-state index >= 15 is 0 Å². The van der Waals surface area contributed by atoms with Crippen molar-refractivity contribution in [2.24, 2.45) is 5.92 Å². The molecule has 3 aliphatic rings. The first-order valence-corrected chi connectivity index (χ1v) is 11.8. The first-order valence-electron chi connectivity index (χ1n) is 11.8. The van der Waals surface area contributed by atoms with Crippen LogP contribution in [0.1, 0.15) is 71.8 Å². The van der Waals surface area contributed by atoms with Crippen molar-refractivity contribution < 1.29 is 4.79 Å². The largest absolute Gasteiger partial charge is 0.333 e. The molecular formula is C25H41N3O. The van der Waals surface area contributed by atoms with Gasteiger partial charge in [0.05, 0.1) is 0 Å². The van der Waals surface area contributed by atoms with Gasteiger partial charge < -0.3 is 10.2 Å². The van der Waals surface area contributed by atoms with Gasteiger partial charge in [0, 0.05) is 36.6 Å². The van der Waals surface area contributed by atoms with Gasteiger partial charge in [0.1, 0.15) is 0 Å². The minimum Gasteiger partial charge on any atom is -0.333 e. The van der Waals surface area contributed by atoms with E-state index in [-0.39, 0.29) is 11.5 Å². The molecule has 2 saturated heterocycles. The predicted octanol–water partition coefficient (Wildman–Crippen LogP) is 4.45. The van der Waals surface area contributed by atoms with Gasteiger partial charge in [-0.2, -0.15) is 0 Å². The quantitative estimate of drug-likeness (QED) is 0.795. The number of rotatable bonds is 5. The van der Waals surface area contributed by atoms with Crippen LogP contribution >= 0.6 is 0 Å². The Morgan fingerprint density at radius 3 is 2.17 bits per heavy atom. The molecule has 162 valence electrons. The molecule has 3 fully saturated rings. The molecule has 0 unspecified atom stereocenters. The second-order valence-electron chi connectivity index (χ2n) is 9.42. The summed E-state index contributed by atoms with van der Waals surface area (Å²) in [6, 6.07) is 10.5. The van der Waals surface area contributed by atoms with E-state index in [1.165, 1.54) is 18.4 Å². The number of amides is 1. The van der Waals surface area contributed by atoms with Crippen molar-refractivity contribution in [3.05, 3.63) is 35.9 Å². The van der Waals surface area contributed by atoms with E-state index < -0.39 is 0 Å². The summed E-state index contributed by atoms with van der Waals surface area (Å²) in [7, 11) is 0. The van der Waals surface area contributed by atoms with Crippen molar-refractivity contribution in [3.8, 4) is 0 Å². The van der Waals surface area contributed by atoms with E-state index in [0.717, 1.165) is 58.4 Å². The first-order chi connectivity index (χ1) is 14.0. The van der Waals surface area contributed by atoms with Crippen LogP contribution in [0.3, 0.4) is 0 Å². The fraction of sp³-hybridized carbons (Fsp3) is 0.720. The number of hydrogen-bond donors (Lipinski definition) is 1. The summed E-state index contributed by atoms with van der Waals surface area (Å²) in [4.78, 5) is 18.1. The molecule has 2 heterocycles. The second kappa shape index (κ2) is 9.61. The molecule has 0 bridgehead atoms. The Bertz CT molecular complexity index is 641. The van der Waals surface area contributed by atoms with Gasteiger partial charge in [0.15, 0.2) is 0 Å². The molecule has 0 atom stereocenters. The molecule has 1 aromatic rings. The summed E-state index contributed by atoms with van der Waals surface area (Å²) < 4.78 is 0. The average molecular weight is 400 g/mol. The second-order valence-corrected chi connectivity index (χ2v) is 9.42. The van der Waals surface area contributed by atoms with Crippen LogP contribution in [-0.4, -0.2) is 53.0 Å².